The summed E-state index contributed by atoms with van der Waals surface area (Å²) in [5.41, 5.74) is 6.92. The van der Waals surface area contributed by atoms with E-state index in [-0.39, 0.29) is 23.1 Å². The second kappa shape index (κ2) is 7.90. The molecule has 1 aliphatic heterocycles. The van der Waals surface area contributed by atoms with E-state index in [1.54, 1.807) is 12.1 Å². The summed E-state index contributed by atoms with van der Waals surface area (Å²) in [5.74, 6) is 0.0427. The molecule has 1 aromatic rings. The molecule has 0 aromatic heterocycles. The fourth-order valence-corrected chi connectivity index (χ4v) is 2.87. The summed E-state index contributed by atoms with van der Waals surface area (Å²) >= 11 is 0. The number of likely N-dealkylation sites (tertiary alicyclic amines) is 1. The topological polar surface area (TPSA) is 67.6 Å². The molecule has 5 nitrogen and oxygen atoms in total. The van der Waals surface area contributed by atoms with E-state index in [9.17, 15) is 13.6 Å². The molecule has 0 bridgehead atoms. The molecule has 3 N–H and O–H groups in total. The summed E-state index contributed by atoms with van der Waals surface area (Å²) in [6, 6.07) is 6.39. The van der Waals surface area contributed by atoms with Gasteiger partial charge in [0.05, 0.1) is 6.54 Å². The Bertz CT molecular complexity index is 549. The second-order valence-corrected chi connectivity index (χ2v) is 6.89. The van der Waals surface area contributed by atoms with Gasteiger partial charge in [0, 0.05) is 25.7 Å². The van der Waals surface area contributed by atoms with E-state index in [2.05, 4.69) is 28.8 Å². The van der Waals surface area contributed by atoms with E-state index >= 15 is 0 Å². The van der Waals surface area contributed by atoms with Gasteiger partial charge >= 0.3 is 6.61 Å². The maximum atomic E-state index is 12.1. The molecule has 1 heterocycles. The molecular formula is C17H25F2N3O2. The van der Waals surface area contributed by atoms with Crippen LogP contribution in [0.4, 0.5) is 8.78 Å². The number of nitrogens with one attached hydrogen (secondary N) is 1. The van der Waals surface area contributed by atoms with Crippen LogP contribution in [-0.2, 0) is 11.3 Å². The first-order valence-electron chi connectivity index (χ1n) is 8.04. The fraction of sp³-hybridized carbons (Fsp3) is 0.588. The van der Waals surface area contributed by atoms with Crippen molar-refractivity contribution in [2.45, 2.75) is 39.5 Å². The van der Waals surface area contributed by atoms with Gasteiger partial charge in [0.15, 0.2) is 0 Å². The summed E-state index contributed by atoms with van der Waals surface area (Å²) in [6.45, 7) is 3.69. The van der Waals surface area contributed by atoms with Gasteiger partial charge in [-0.3, -0.25) is 9.69 Å². The van der Waals surface area contributed by atoms with Crippen LogP contribution in [-0.4, -0.2) is 43.1 Å². The molecule has 1 fully saturated rings. The summed E-state index contributed by atoms with van der Waals surface area (Å²) in [6.07, 6.45) is 0.881. The zero-order chi connectivity index (χ0) is 17.7. The first-order valence-corrected chi connectivity index (χ1v) is 8.04. The average molecular weight is 341 g/mol. The first-order chi connectivity index (χ1) is 11.3. The number of ether oxygens (including phenoxy) is 1. The molecule has 134 valence electrons. The Balaban J connectivity index is 1.77. The first kappa shape index (κ1) is 18.6. The highest BCUT2D eigenvalue weighted by Gasteiger charge is 2.33. The van der Waals surface area contributed by atoms with E-state index in [1.165, 1.54) is 12.1 Å². The standard InChI is InChI=1S/C17H25F2N3O2/c1-17(2)11-22(8-7-14(17)20)10-15(23)21-9-12-3-5-13(6-4-12)24-16(18)19/h3-6,14,16H,7-11,20H2,1-2H3,(H,21,23). The van der Waals surface area contributed by atoms with Crippen molar-refractivity contribution in [3.05, 3.63) is 29.8 Å². The number of hydrogen-bond donors (Lipinski definition) is 2. The normalized spacial score (nSPS) is 20.8. The van der Waals surface area contributed by atoms with Crippen LogP contribution in [0.3, 0.4) is 0 Å². The number of benzene rings is 1. The maximum absolute atomic E-state index is 12.1. The highest BCUT2D eigenvalue weighted by Crippen LogP contribution is 2.27. The number of rotatable bonds is 6. The number of nitrogens with two attached hydrogens (primary N) is 1. The Kier molecular flexibility index (Phi) is 6.12. The van der Waals surface area contributed by atoms with Crippen LogP contribution in [0.25, 0.3) is 0 Å². The monoisotopic (exact) mass is 341 g/mol. The Morgan fingerprint density at radius 3 is 2.67 bits per heavy atom. The molecular weight excluding hydrogens is 316 g/mol. The van der Waals surface area contributed by atoms with Crippen LogP contribution in [0.5, 0.6) is 5.75 Å². The average Bonchev–Trinajstić information content (AvgIpc) is 2.49. The number of nitrogens with zero attached hydrogens (tertiary/aromatic N) is 1. The number of piperidine rings is 1. The van der Waals surface area contributed by atoms with E-state index in [0.29, 0.717) is 13.1 Å². The lowest BCUT2D eigenvalue weighted by Gasteiger charge is -2.42. The molecule has 24 heavy (non-hydrogen) atoms. The molecule has 1 amide bonds. The Hall–Kier alpha value is -1.73. The van der Waals surface area contributed by atoms with Crippen molar-refractivity contribution in [1.29, 1.82) is 0 Å². The molecule has 1 saturated heterocycles. The van der Waals surface area contributed by atoms with Crippen LogP contribution in [0, 0.1) is 5.41 Å². The third kappa shape index (κ3) is 5.42. The van der Waals surface area contributed by atoms with Gasteiger partial charge in [0.25, 0.3) is 0 Å². The lowest BCUT2D eigenvalue weighted by atomic mass is 9.80. The summed E-state index contributed by atoms with van der Waals surface area (Å²) in [4.78, 5) is 14.2. The van der Waals surface area contributed by atoms with Gasteiger partial charge in [0.1, 0.15) is 5.75 Å². The largest absolute Gasteiger partial charge is 0.435 e. The van der Waals surface area contributed by atoms with Gasteiger partial charge in [0.2, 0.25) is 5.91 Å². The van der Waals surface area contributed by atoms with E-state index in [0.717, 1.165) is 25.1 Å². The minimum absolute atomic E-state index is 0.000931. The van der Waals surface area contributed by atoms with Gasteiger partial charge in [-0.25, -0.2) is 0 Å². The van der Waals surface area contributed by atoms with Gasteiger partial charge in [-0.05, 0) is 29.5 Å². The van der Waals surface area contributed by atoms with Crippen molar-refractivity contribution in [2.75, 3.05) is 19.6 Å². The predicted molar refractivity (Wildman–Crippen MR) is 87.7 cm³/mol. The lowest BCUT2D eigenvalue weighted by molar-refractivity contribution is -0.123. The third-order valence-corrected chi connectivity index (χ3v) is 4.40. The lowest BCUT2D eigenvalue weighted by Crippen LogP contribution is -2.54. The number of amides is 1. The van der Waals surface area contributed by atoms with Gasteiger partial charge < -0.3 is 15.8 Å². The smallest absolute Gasteiger partial charge is 0.387 e. The van der Waals surface area contributed by atoms with Crippen molar-refractivity contribution >= 4 is 5.91 Å². The highest BCUT2D eigenvalue weighted by atomic mass is 19.3. The summed E-state index contributed by atoms with van der Waals surface area (Å²) in [7, 11) is 0. The Labute approximate surface area is 141 Å². The third-order valence-electron chi connectivity index (χ3n) is 4.40. The number of carbonyl (C=O) groups excluding carboxylic acids is 1. The molecule has 1 aliphatic rings. The molecule has 7 heteroatoms. The van der Waals surface area contributed by atoms with Crippen molar-refractivity contribution in [2.24, 2.45) is 11.1 Å². The van der Waals surface area contributed by atoms with Gasteiger partial charge in [-0.15, -0.1) is 0 Å². The zero-order valence-electron chi connectivity index (χ0n) is 14.1. The zero-order valence-corrected chi connectivity index (χ0v) is 14.1. The molecule has 0 saturated carbocycles. The van der Waals surface area contributed by atoms with Crippen LogP contribution in [0.15, 0.2) is 24.3 Å². The van der Waals surface area contributed by atoms with Crippen molar-refractivity contribution in [1.82, 2.24) is 10.2 Å². The highest BCUT2D eigenvalue weighted by molar-refractivity contribution is 5.78. The Morgan fingerprint density at radius 1 is 1.42 bits per heavy atom. The SMILES string of the molecule is CC1(C)CN(CC(=O)NCc2ccc(OC(F)F)cc2)CCC1N. The second-order valence-electron chi connectivity index (χ2n) is 6.89. The van der Waals surface area contributed by atoms with Gasteiger partial charge in [-0.1, -0.05) is 26.0 Å². The summed E-state index contributed by atoms with van der Waals surface area (Å²) in [5, 5.41) is 2.84. The minimum atomic E-state index is -2.84. The minimum Gasteiger partial charge on any atom is -0.435 e. The fourth-order valence-electron chi connectivity index (χ4n) is 2.87. The van der Waals surface area contributed by atoms with E-state index in [1.807, 2.05) is 0 Å². The molecule has 0 radical (unpaired) electrons. The Morgan fingerprint density at radius 2 is 2.08 bits per heavy atom. The number of hydrogen-bond acceptors (Lipinski definition) is 4. The number of halogens is 2. The molecule has 0 aliphatic carbocycles. The van der Waals surface area contributed by atoms with Crippen molar-refractivity contribution in [3.63, 3.8) is 0 Å². The molecule has 1 atom stereocenters. The molecule has 1 aromatic carbocycles. The predicted octanol–water partition coefficient (Wildman–Crippen LogP) is 1.96. The van der Waals surface area contributed by atoms with Crippen molar-refractivity contribution < 1.29 is 18.3 Å². The number of carbonyl (C=O) groups is 1. The van der Waals surface area contributed by atoms with Crippen LogP contribution < -0.4 is 15.8 Å². The summed E-state index contributed by atoms with van der Waals surface area (Å²) < 4.78 is 28.5. The molecule has 2 rings (SSSR count). The van der Waals surface area contributed by atoms with E-state index in [4.69, 9.17) is 5.73 Å². The van der Waals surface area contributed by atoms with Crippen molar-refractivity contribution in [3.8, 4) is 5.75 Å². The van der Waals surface area contributed by atoms with E-state index < -0.39 is 6.61 Å². The van der Waals surface area contributed by atoms with Crippen LogP contribution in [0.1, 0.15) is 25.8 Å². The van der Waals surface area contributed by atoms with Crippen LogP contribution >= 0.6 is 0 Å². The molecule has 1 unspecified atom stereocenters. The quantitative estimate of drug-likeness (QED) is 0.830. The van der Waals surface area contributed by atoms with Crippen LogP contribution in [0.2, 0.25) is 0 Å². The molecule has 0 spiro atoms. The number of alkyl halides is 2. The van der Waals surface area contributed by atoms with Gasteiger partial charge in [-0.2, -0.15) is 8.78 Å². The maximum Gasteiger partial charge on any atom is 0.387 e.